The zero-order chi connectivity index (χ0) is 20.2. The molecule has 0 radical (unpaired) electrons. The molecule has 4 rings (SSSR count). The molecule has 6 heteroatoms. The number of nitrogens with zero attached hydrogens (tertiary/aromatic N) is 2. The Labute approximate surface area is 175 Å². The van der Waals surface area contributed by atoms with Gasteiger partial charge < -0.3 is 10.6 Å². The summed E-state index contributed by atoms with van der Waals surface area (Å²) in [6.07, 6.45) is 2.53. The van der Waals surface area contributed by atoms with E-state index in [0.29, 0.717) is 11.5 Å². The summed E-state index contributed by atoms with van der Waals surface area (Å²) in [7, 11) is 0. The molecule has 2 aromatic carbocycles. The van der Waals surface area contributed by atoms with Gasteiger partial charge in [-0.1, -0.05) is 36.8 Å². The Balaban J connectivity index is 1.32. The average molecular weight is 405 g/mol. The van der Waals surface area contributed by atoms with Gasteiger partial charge in [0.05, 0.1) is 10.6 Å². The van der Waals surface area contributed by atoms with Gasteiger partial charge >= 0.3 is 0 Å². The molecule has 0 saturated carbocycles. The number of benzene rings is 2. The van der Waals surface area contributed by atoms with E-state index in [9.17, 15) is 4.79 Å². The molecule has 0 saturated heterocycles. The van der Waals surface area contributed by atoms with Crippen LogP contribution in [0.4, 0.5) is 11.5 Å². The maximum absolute atomic E-state index is 12.4. The van der Waals surface area contributed by atoms with Crippen LogP contribution >= 0.6 is 11.8 Å². The predicted octanol–water partition coefficient (Wildman–Crippen LogP) is 4.90. The highest BCUT2D eigenvalue weighted by molar-refractivity contribution is 7.99. The Morgan fingerprint density at radius 1 is 1.17 bits per heavy atom. The van der Waals surface area contributed by atoms with Gasteiger partial charge in [-0.25, -0.2) is 9.97 Å². The molecule has 2 N–H and O–H groups in total. The SMILES string of the molecule is Cc1cccc(C(=O)Nc2ccc(CCNc3ncnc4c3SCC4C)cc2)c1. The third-order valence-electron chi connectivity index (χ3n) is 4.97. The van der Waals surface area contributed by atoms with Crippen LogP contribution in [0.2, 0.25) is 0 Å². The lowest BCUT2D eigenvalue weighted by molar-refractivity contribution is 0.102. The number of hydrogen-bond donors (Lipinski definition) is 2. The van der Waals surface area contributed by atoms with E-state index in [1.807, 2.05) is 55.1 Å². The van der Waals surface area contributed by atoms with Crippen molar-refractivity contribution in [2.24, 2.45) is 0 Å². The fourth-order valence-electron chi connectivity index (χ4n) is 3.36. The molecule has 1 aromatic heterocycles. The van der Waals surface area contributed by atoms with Crippen LogP contribution in [0.15, 0.2) is 59.8 Å². The van der Waals surface area contributed by atoms with Gasteiger partial charge in [-0.3, -0.25) is 4.79 Å². The number of carbonyl (C=O) groups is 1. The quantitative estimate of drug-likeness (QED) is 0.612. The molecule has 2 heterocycles. The van der Waals surface area contributed by atoms with Crippen LogP contribution in [0.1, 0.15) is 40.0 Å². The molecule has 1 aliphatic heterocycles. The van der Waals surface area contributed by atoms with E-state index in [1.165, 1.54) is 10.5 Å². The molecule has 1 atom stereocenters. The van der Waals surface area contributed by atoms with E-state index in [2.05, 4.69) is 39.7 Å². The highest BCUT2D eigenvalue weighted by Crippen LogP contribution is 2.41. The Bertz CT molecular complexity index is 1020. The molecular formula is C23H24N4OS. The fourth-order valence-corrected chi connectivity index (χ4v) is 4.60. The smallest absolute Gasteiger partial charge is 0.255 e. The first kappa shape index (κ1) is 19.5. The molecule has 0 aliphatic carbocycles. The molecule has 1 aliphatic rings. The summed E-state index contributed by atoms with van der Waals surface area (Å²) in [6, 6.07) is 15.6. The number of hydrogen-bond acceptors (Lipinski definition) is 5. The summed E-state index contributed by atoms with van der Waals surface area (Å²) in [5.74, 6) is 2.40. The van der Waals surface area contributed by atoms with Crippen LogP contribution < -0.4 is 10.6 Å². The van der Waals surface area contributed by atoms with E-state index in [0.717, 1.165) is 41.5 Å². The Morgan fingerprint density at radius 2 is 2.00 bits per heavy atom. The molecule has 0 bridgehead atoms. The maximum atomic E-state index is 12.4. The third kappa shape index (κ3) is 4.59. The van der Waals surface area contributed by atoms with E-state index in [-0.39, 0.29) is 5.91 Å². The lowest BCUT2D eigenvalue weighted by atomic mass is 10.1. The summed E-state index contributed by atoms with van der Waals surface area (Å²) < 4.78 is 0. The van der Waals surface area contributed by atoms with Crippen LogP contribution in [0.5, 0.6) is 0 Å². The largest absolute Gasteiger partial charge is 0.369 e. The monoisotopic (exact) mass is 404 g/mol. The molecule has 3 aromatic rings. The molecule has 29 heavy (non-hydrogen) atoms. The first-order valence-electron chi connectivity index (χ1n) is 9.78. The summed E-state index contributed by atoms with van der Waals surface area (Å²) in [6.45, 7) is 4.98. The highest BCUT2D eigenvalue weighted by Gasteiger charge is 2.24. The second-order valence-electron chi connectivity index (χ2n) is 7.35. The van der Waals surface area contributed by atoms with Gasteiger partial charge in [-0.15, -0.1) is 11.8 Å². The van der Waals surface area contributed by atoms with Crippen molar-refractivity contribution in [2.45, 2.75) is 31.1 Å². The van der Waals surface area contributed by atoms with Crippen molar-refractivity contribution in [2.75, 3.05) is 22.9 Å². The second-order valence-corrected chi connectivity index (χ2v) is 8.38. The maximum Gasteiger partial charge on any atom is 0.255 e. The molecule has 5 nitrogen and oxygen atoms in total. The Kier molecular flexibility index (Phi) is 5.81. The minimum atomic E-state index is -0.0903. The number of aryl methyl sites for hydroxylation is 1. The van der Waals surface area contributed by atoms with Gasteiger partial charge in [-0.2, -0.15) is 0 Å². The van der Waals surface area contributed by atoms with Crippen LogP contribution in [-0.2, 0) is 6.42 Å². The van der Waals surface area contributed by atoms with Crippen LogP contribution in [0, 0.1) is 6.92 Å². The number of rotatable bonds is 6. The average Bonchev–Trinajstić information content (AvgIpc) is 3.11. The molecule has 0 spiro atoms. The summed E-state index contributed by atoms with van der Waals surface area (Å²) in [5.41, 5.74) is 4.90. The van der Waals surface area contributed by atoms with Gasteiger partial charge in [0.15, 0.2) is 0 Å². The van der Waals surface area contributed by atoms with E-state index in [4.69, 9.17) is 0 Å². The third-order valence-corrected chi connectivity index (χ3v) is 6.33. The van der Waals surface area contributed by atoms with Crippen molar-refractivity contribution in [3.63, 3.8) is 0 Å². The van der Waals surface area contributed by atoms with Gasteiger partial charge in [0.25, 0.3) is 5.91 Å². The zero-order valence-electron chi connectivity index (χ0n) is 16.6. The number of carbonyl (C=O) groups excluding carboxylic acids is 1. The molecule has 0 fully saturated rings. The summed E-state index contributed by atoms with van der Waals surface area (Å²) in [4.78, 5) is 22.4. The number of aromatic nitrogens is 2. The van der Waals surface area contributed by atoms with Gasteiger partial charge in [0.2, 0.25) is 0 Å². The van der Waals surface area contributed by atoms with Crippen LogP contribution in [0.25, 0.3) is 0 Å². The summed E-state index contributed by atoms with van der Waals surface area (Å²) in [5, 5.41) is 6.40. The lowest BCUT2D eigenvalue weighted by Crippen LogP contribution is -2.12. The predicted molar refractivity (Wildman–Crippen MR) is 119 cm³/mol. The molecule has 148 valence electrons. The van der Waals surface area contributed by atoms with Gasteiger partial charge in [0.1, 0.15) is 12.1 Å². The van der Waals surface area contributed by atoms with Crippen LogP contribution in [0.3, 0.4) is 0 Å². The minimum Gasteiger partial charge on any atom is -0.369 e. The summed E-state index contributed by atoms with van der Waals surface area (Å²) >= 11 is 1.83. The number of fused-ring (bicyclic) bond motifs is 1. The van der Waals surface area contributed by atoms with Crippen molar-refractivity contribution in [1.82, 2.24) is 9.97 Å². The van der Waals surface area contributed by atoms with Gasteiger partial charge in [-0.05, 0) is 43.2 Å². The number of amides is 1. The van der Waals surface area contributed by atoms with Crippen molar-refractivity contribution in [3.8, 4) is 0 Å². The van der Waals surface area contributed by atoms with E-state index >= 15 is 0 Å². The highest BCUT2D eigenvalue weighted by atomic mass is 32.2. The molecule has 1 amide bonds. The standard InChI is InChI=1S/C23H24N4OS/c1-15-4-3-5-18(12-15)23(28)27-19-8-6-17(7-9-19)10-11-24-22-21-20(25-14-26-22)16(2)13-29-21/h3-9,12,14,16H,10-11,13H2,1-2H3,(H,27,28)(H,24,25,26). The normalized spacial score (nSPS) is 15.0. The van der Waals surface area contributed by atoms with Crippen LogP contribution in [-0.4, -0.2) is 28.2 Å². The van der Waals surface area contributed by atoms with Crippen molar-refractivity contribution < 1.29 is 4.79 Å². The minimum absolute atomic E-state index is 0.0903. The topological polar surface area (TPSA) is 66.9 Å². The van der Waals surface area contributed by atoms with Crippen molar-refractivity contribution >= 4 is 29.2 Å². The zero-order valence-corrected chi connectivity index (χ0v) is 17.4. The second kappa shape index (κ2) is 8.66. The molecular weight excluding hydrogens is 380 g/mol. The number of nitrogens with one attached hydrogen (secondary N) is 2. The first-order chi connectivity index (χ1) is 14.1. The van der Waals surface area contributed by atoms with Crippen molar-refractivity contribution in [1.29, 1.82) is 0 Å². The first-order valence-corrected chi connectivity index (χ1v) is 10.8. The van der Waals surface area contributed by atoms with Crippen molar-refractivity contribution in [3.05, 3.63) is 77.2 Å². The molecule has 1 unspecified atom stereocenters. The number of anilines is 2. The van der Waals surface area contributed by atoms with Gasteiger partial charge in [0, 0.05) is 29.5 Å². The fraction of sp³-hybridized carbons (Fsp3) is 0.261. The van der Waals surface area contributed by atoms with E-state index in [1.54, 1.807) is 6.33 Å². The van der Waals surface area contributed by atoms with E-state index < -0.39 is 0 Å². The number of thioether (sulfide) groups is 1. The Hall–Kier alpha value is -2.86. The lowest BCUT2D eigenvalue weighted by Gasteiger charge is -2.10. The Morgan fingerprint density at radius 3 is 2.79 bits per heavy atom.